The van der Waals surface area contributed by atoms with Crippen LogP contribution in [0.1, 0.15) is 41.6 Å². The van der Waals surface area contributed by atoms with Crippen molar-refractivity contribution in [2.45, 2.75) is 45.7 Å². The van der Waals surface area contributed by atoms with Gasteiger partial charge >= 0.3 is 0 Å². The molecular weight excluding hydrogens is 409 g/mol. The highest BCUT2D eigenvalue weighted by Gasteiger charge is 2.51. The van der Waals surface area contributed by atoms with Crippen LogP contribution in [0.4, 0.5) is 4.39 Å². The van der Waals surface area contributed by atoms with Crippen molar-refractivity contribution in [2.75, 3.05) is 6.61 Å². The standard InChI is InChI=1S/C24H26FN5O2/c1-14-4-9-21(30-26-12-15(2)28-30)23(27-14)24(31)29-19-10-17(11-19)16(3)22(29)13-32-20-7-5-18(25)6-8-20/h4-9,12,16-17,19,22H,10-11,13H2,1-3H3/t16-,17?,19?,22-/m1/s1. The summed E-state index contributed by atoms with van der Waals surface area (Å²) in [5, 5.41) is 8.67. The maximum atomic E-state index is 13.9. The van der Waals surface area contributed by atoms with Crippen LogP contribution in [0.3, 0.4) is 0 Å². The summed E-state index contributed by atoms with van der Waals surface area (Å²) in [5.74, 6) is 1.05. The van der Waals surface area contributed by atoms with E-state index in [4.69, 9.17) is 4.74 Å². The molecule has 1 aliphatic carbocycles. The highest BCUT2D eigenvalue weighted by molar-refractivity contribution is 5.96. The number of piperidine rings is 2. The molecule has 2 bridgehead atoms. The summed E-state index contributed by atoms with van der Waals surface area (Å²) < 4.78 is 19.2. The Labute approximate surface area is 186 Å². The van der Waals surface area contributed by atoms with Crippen LogP contribution in [-0.2, 0) is 0 Å². The second-order valence-corrected chi connectivity index (χ2v) is 8.88. The molecule has 166 valence electrons. The number of nitrogens with zero attached hydrogens (tertiary/aromatic N) is 5. The molecule has 7 nitrogen and oxygen atoms in total. The van der Waals surface area contributed by atoms with E-state index in [2.05, 4.69) is 22.1 Å². The number of carbonyl (C=O) groups is 1. The lowest BCUT2D eigenvalue weighted by molar-refractivity contribution is -0.0673. The fraction of sp³-hybridized carbons (Fsp3) is 0.417. The van der Waals surface area contributed by atoms with Crippen LogP contribution in [0.25, 0.3) is 5.69 Å². The maximum absolute atomic E-state index is 13.9. The van der Waals surface area contributed by atoms with Gasteiger partial charge in [-0.25, -0.2) is 9.37 Å². The first kappa shape index (κ1) is 20.6. The van der Waals surface area contributed by atoms with Crippen molar-refractivity contribution in [3.05, 3.63) is 65.5 Å². The third-order valence-electron chi connectivity index (χ3n) is 6.76. The molecule has 2 atom stereocenters. The van der Waals surface area contributed by atoms with E-state index in [0.717, 1.165) is 24.2 Å². The molecule has 32 heavy (non-hydrogen) atoms. The first-order valence-corrected chi connectivity index (χ1v) is 11.0. The summed E-state index contributed by atoms with van der Waals surface area (Å²) >= 11 is 0. The Morgan fingerprint density at radius 2 is 1.88 bits per heavy atom. The Morgan fingerprint density at radius 3 is 2.56 bits per heavy atom. The minimum atomic E-state index is -0.304. The molecule has 2 saturated heterocycles. The Morgan fingerprint density at radius 1 is 1.12 bits per heavy atom. The van der Waals surface area contributed by atoms with Crippen molar-refractivity contribution in [3.8, 4) is 11.4 Å². The maximum Gasteiger partial charge on any atom is 0.275 e. The van der Waals surface area contributed by atoms with Gasteiger partial charge in [0.05, 0.1) is 17.9 Å². The zero-order chi connectivity index (χ0) is 22.4. The van der Waals surface area contributed by atoms with Gasteiger partial charge in [-0.3, -0.25) is 4.79 Å². The van der Waals surface area contributed by atoms with E-state index in [0.29, 0.717) is 35.6 Å². The van der Waals surface area contributed by atoms with Gasteiger partial charge in [0.15, 0.2) is 5.69 Å². The van der Waals surface area contributed by atoms with Crippen LogP contribution in [0.15, 0.2) is 42.6 Å². The molecular formula is C24H26FN5O2. The van der Waals surface area contributed by atoms with E-state index in [1.54, 1.807) is 18.3 Å². The molecule has 4 heterocycles. The molecule has 2 aliphatic heterocycles. The molecule has 0 unspecified atom stereocenters. The number of hydrogen-bond donors (Lipinski definition) is 0. The second-order valence-electron chi connectivity index (χ2n) is 8.88. The quantitative estimate of drug-likeness (QED) is 0.611. The van der Waals surface area contributed by atoms with Crippen LogP contribution >= 0.6 is 0 Å². The summed E-state index contributed by atoms with van der Waals surface area (Å²) in [6.45, 7) is 6.26. The van der Waals surface area contributed by atoms with Gasteiger partial charge in [0.1, 0.15) is 23.9 Å². The van der Waals surface area contributed by atoms with Gasteiger partial charge in [-0.1, -0.05) is 6.92 Å². The van der Waals surface area contributed by atoms with Crippen molar-refractivity contribution in [1.82, 2.24) is 24.9 Å². The summed E-state index contributed by atoms with van der Waals surface area (Å²) in [6.07, 6.45) is 3.66. The Kier molecular flexibility index (Phi) is 5.15. The van der Waals surface area contributed by atoms with E-state index < -0.39 is 0 Å². The zero-order valence-electron chi connectivity index (χ0n) is 18.4. The number of rotatable bonds is 5. The number of benzene rings is 1. The van der Waals surface area contributed by atoms with Gasteiger partial charge in [-0.2, -0.15) is 10.2 Å². The van der Waals surface area contributed by atoms with Crippen molar-refractivity contribution >= 4 is 5.91 Å². The van der Waals surface area contributed by atoms with Crippen molar-refractivity contribution in [3.63, 3.8) is 0 Å². The Bertz CT molecular complexity index is 1140. The number of hydrogen-bond acceptors (Lipinski definition) is 5. The van der Waals surface area contributed by atoms with Crippen molar-refractivity contribution in [2.24, 2.45) is 11.8 Å². The monoisotopic (exact) mass is 435 g/mol. The number of carbonyl (C=O) groups excluding carboxylic acids is 1. The molecule has 8 heteroatoms. The van der Waals surface area contributed by atoms with Gasteiger partial charge in [-0.05, 0) is 74.9 Å². The normalized spacial score (nSPS) is 24.2. The Hall–Kier alpha value is -3.29. The number of fused-ring (bicyclic) bond motifs is 2. The van der Waals surface area contributed by atoms with Crippen LogP contribution < -0.4 is 4.74 Å². The number of aryl methyl sites for hydroxylation is 2. The molecule has 3 aliphatic rings. The molecule has 3 fully saturated rings. The third-order valence-corrected chi connectivity index (χ3v) is 6.76. The summed E-state index contributed by atoms with van der Waals surface area (Å²) in [7, 11) is 0. The Balaban J connectivity index is 1.46. The van der Waals surface area contributed by atoms with E-state index in [1.165, 1.54) is 16.9 Å². The minimum Gasteiger partial charge on any atom is -0.491 e. The molecule has 2 aromatic heterocycles. The van der Waals surface area contributed by atoms with E-state index in [1.807, 2.05) is 30.9 Å². The van der Waals surface area contributed by atoms with E-state index in [9.17, 15) is 9.18 Å². The highest BCUT2D eigenvalue weighted by Crippen LogP contribution is 2.47. The number of pyridine rings is 1. The predicted octanol–water partition coefficient (Wildman–Crippen LogP) is 3.74. The van der Waals surface area contributed by atoms with Gasteiger partial charge in [-0.15, -0.1) is 4.80 Å². The number of aromatic nitrogens is 4. The largest absolute Gasteiger partial charge is 0.491 e. The number of halogens is 1. The van der Waals surface area contributed by atoms with Crippen molar-refractivity contribution < 1.29 is 13.9 Å². The van der Waals surface area contributed by atoms with Crippen molar-refractivity contribution in [1.29, 1.82) is 0 Å². The third kappa shape index (κ3) is 3.63. The van der Waals surface area contributed by atoms with Crippen LogP contribution in [0.5, 0.6) is 5.75 Å². The lowest BCUT2D eigenvalue weighted by Crippen LogP contribution is -2.64. The molecule has 1 aromatic carbocycles. The first-order valence-electron chi connectivity index (χ1n) is 11.0. The first-order chi connectivity index (χ1) is 15.4. The smallest absolute Gasteiger partial charge is 0.275 e. The molecule has 0 N–H and O–H groups in total. The minimum absolute atomic E-state index is 0.0902. The average Bonchev–Trinajstić information content (AvgIpc) is 3.18. The number of amides is 1. The van der Waals surface area contributed by atoms with Gasteiger partial charge in [0, 0.05) is 11.7 Å². The molecule has 6 rings (SSSR count). The SMILES string of the molecule is Cc1ccc(-n2ncc(C)n2)c(C(=O)N2C3CC(C3)[C@@H](C)[C@H]2COc2ccc(F)cc2)n1. The highest BCUT2D eigenvalue weighted by atomic mass is 19.1. The van der Waals surface area contributed by atoms with Crippen LogP contribution in [-0.4, -0.2) is 49.5 Å². The molecule has 0 spiro atoms. The molecule has 0 radical (unpaired) electrons. The fourth-order valence-corrected chi connectivity index (χ4v) is 4.83. The van der Waals surface area contributed by atoms with E-state index in [-0.39, 0.29) is 23.8 Å². The van der Waals surface area contributed by atoms with Crippen LogP contribution in [0, 0.1) is 31.5 Å². The fourth-order valence-electron chi connectivity index (χ4n) is 4.83. The number of ether oxygens (including phenoxy) is 1. The van der Waals surface area contributed by atoms with Gasteiger partial charge in [0.2, 0.25) is 0 Å². The summed E-state index contributed by atoms with van der Waals surface area (Å²) in [5.41, 5.74) is 2.45. The van der Waals surface area contributed by atoms with E-state index >= 15 is 0 Å². The predicted molar refractivity (Wildman–Crippen MR) is 116 cm³/mol. The molecule has 1 saturated carbocycles. The van der Waals surface area contributed by atoms with Crippen LogP contribution in [0.2, 0.25) is 0 Å². The average molecular weight is 436 g/mol. The van der Waals surface area contributed by atoms with Gasteiger partial charge in [0.25, 0.3) is 5.91 Å². The lowest BCUT2D eigenvalue weighted by Gasteiger charge is -2.57. The molecule has 1 amide bonds. The second kappa shape index (κ2) is 8.00. The van der Waals surface area contributed by atoms with Gasteiger partial charge < -0.3 is 9.64 Å². The summed E-state index contributed by atoms with van der Waals surface area (Å²) in [4.78, 5) is 21.9. The zero-order valence-corrected chi connectivity index (χ0v) is 18.4. The summed E-state index contributed by atoms with van der Waals surface area (Å²) in [6, 6.07) is 9.77. The lowest BCUT2D eigenvalue weighted by atomic mass is 9.64. The topological polar surface area (TPSA) is 73.1 Å². The molecule has 3 aromatic rings.